The summed E-state index contributed by atoms with van der Waals surface area (Å²) in [6, 6.07) is 12.0. The minimum absolute atomic E-state index is 0.160. The molecule has 0 aliphatic carbocycles. The fourth-order valence-corrected chi connectivity index (χ4v) is 3.62. The summed E-state index contributed by atoms with van der Waals surface area (Å²) in [6.07, 6.45) is 0.660. The third-order valence-corrected chi connectivity index (χ3v) is 5.39. The first-order valence-corrected chi connectivity index (χ1v) is 9.84. The number of amides is 1. The first kappa shape index (κ1) is 18.2. The van der Waals surface area contributed by atoms with E-state index in [4.69, 9.17) is 9.47 Å². The first-order valence-electron chi connectivity index (χ1n) is 8.96. The van der Waals surface area contributed by atoms with Crippen LogP contribution in [0, 0.1) is 0 Å². The molecule has 1 aliphatic heterocycles. The Morgan fingerprint density at radius 3 is 2.89 bits per heavy atom. The van der Waals surface area contributed by atoms with E-state index >= 15 is 0 Å². The molecule has 2 aromatic heterocycles. The van der Waals surface area contributed by atoms with Crippen LogP contribution in [0.15, 0.2) is 52.6 Å². The van der Waals surface area contributed by atoms with Crippen LogP contribution >= 0.6 is 11.3 Å². The predicted octanol–water partition coefficient (Wildman–Crippen LogP) is 2.91. The number of benzene rings is 1. The summed E-state index contributed by atoms with van der Waals surface area (Å²) in [5.41, 5.74) is 1.03. The van der Waals surface area contributed by atoms with E-state index in [0.717, 1.165) is 10.6 Å². The smallest absolute Gasteiger partial charge is 0.266 e. The summed E-state index contributed by atoms with van der Waals surface area (Å²) < 4.78 is 12.0. The molecular weight excluding hydrogens is 378 g/mol. The number of nitrogens with zero attached hydrogens (tertiary/aromatic N) is 2. The van der Waals surface area contributed by atoms with Gasteiger partial charge in [-0.15, -0.1) is 11.3 Å². The van der Waals surface area contributed by atoms with Crippen molar-refractivity contribution in [2.75, 3.05) is 6.79 Å². The van der Waals surface area contributed by atoms with Gasteiger partial charge in [0.1, 0.15) is 5.69 Å². The van der Waals surface area contributed by atoms with E-state index in [2.05, 4.69) is 10.4 Å². The SMILES string of the molecule is CC[C@H](Cn1nc(-c2cccs2)ccc1=O)NC(=O)c1ccc2c(c1)OCO2. The molecule has 0 spiro atoms. The second kappa shape index (κ2) is 7.85. The normalized spacial score (nSPS) is 13.3. The van der Waals surface area contributed by atoms with Crippen LogP contribution in [0.5, 0.6) is 11.5 Å². The highest BCUT2D eigenvalue weighted by Crippen LogP contribution is 2.32. The number of nitrogens with one attached hydrogen (secondary N) is 1. The summed E-state index contributed by atoms with van der Waals surface area (Å²) in [6.45, 7) is 2.41. The molecule has 4 rings (SSSR count). The number of thiophene rings is 1. The van der Waals surface area contributed by atoms with E-state index in [0.29, 0.717) is 30.0 Å². The fourth-order valence-electron chi connectivity index (χ4n) is 2.93. The van der Waals surface area contributed by atoms with Crippen molar-refractivity contribution in [2.24, 2.45) is 0 Å². The Labute approximate surface area is 165 Å². The van der Waals surface area contributed by atoms with E-state index in [1.807, 2.05) is 24.4 Å². The lowest BCUT2D eigenvalue weighted by atomic mass is 10.1. The molecule has 1 N–H and O–H groups in total. The molecule has 7 nitrogen and oxygen atoms in total. The monoisotopic (exact) mass is 397 g/mol. The molecule has 3 aromatic rings. The molecule has 8 heteroatoms. The van der Waals surface area contributed by atoms with E-state index < -0.39 is 0 Å². The molecule has 0 radical (unpaired) electrons. The highest BCUT2D eigenvalue weighted by atomic mass is 32.1. The largest absolute Gasteiger partial charge is 0.454 e. The van der Waals surface area contributed by atoms with Crippen LogP contribution in [-0.4, -0.2) is 28.5 Å². The van der Waals surface area contributed by atoms with Gasteiger partial charge in [0.2, 0.25) is 6.79 Å². The van der Waals surface area contributed by atoms with Gasteiger partial charge < -0.3 is 14.8 Å². The summed E-state index contributed by atoms with van der Waals surface area (Å²) in [4.78, 5) is 25.9. The van der Waals surface area contributed by atoms with E-state index in [-0.39, 0.29) is 24.3 Å². The lowest BCUT2D eigenvalue weighted by Crippen LogP contribution is -2.40. The fraction of sp³-hybridized carbons (Fsp3) is 0.250. The van der Waals surface area contributed by atoms with Gasteiger partial charge in [-0.2, -0.15) is 5.10 Å². The Hall–Kier alpha value is -3.13. The van der Waals surface area contributed by atoms with Crippen molar-refractivity contribution in [3.63, 3.8) is 0 Å². The zero-order valence-corrected chi connectivity index (χ0v) is 16.1. The van der Waals surface area contributed by atoms with Crippen LogP contribution in [0.3, 0.4) is 0 Å². The summed E-state index contributed by atoms with van der Waals surface area (Å²) in [5, 5.41) is 9.39. The molecule has 28 heavy (non-hydrogen) atoms. The van der Waals surface area contributed by atoms with Crippen molar-refractivity contribution in [1.82, 2.24) is 15.1 Å². The van der Waals surface area contributed by atoms with Crippen molar-refractivity contribution in [3.8, 4) is 22.1 Å². The molecule has 1 amide bonds. The average Bonchev–Trinajstić information content (AvgIpc) is 3.40. The quantitative estimate of drug-likeness (QED) is 0.692. The van der Waals surface area contributed by atoms with E-state index in [1.165, 1.54) is 10.7 Å². The minimum Gasteiger partial charge on any atom is -0.454 e. The summed E-state index contributed by atoms with van der Waals surface area (Å²) in [7, 11) is 0. The van der Waals surface area contributed by atoms with Crippen molar-refractivity contribution >= 4 is 17.2 Å². The Morgan fingerprint density at radius 1 is 1.25 bits per heavy atom. The molecule has 1 aromatic carbocycles. The summed E-state index contributed by atoms with van der Waals surface area (Å²) >= 11 is 1.56. The van der Waals surface area contributed by atoms with Gasteiger partial charge in [0.05, 0.1) is 11.4 Å². The Balaban J connectivity index is 1.50. The molecule has 1 aliphatic rings. The molecule has 0 saturated carbocycles. The van der Waals surface area contributed by atoms with Crippen molar-refractivity contribution in [3.05, 3.63) is 63.8 Å². The Morgan fingerprint density at radius 2 is 2.11 bits per heavy atom. The molecule has 1 atom stereocenters. The highest BCUT2D eigenvalue weighted by molar-refractivity contribution is 7.13. The summed E-state index contributed by atoms with van der Waals surface area (Å²) in [5.74, 6) is 0.958. The van der Waals surface area contributed by atoms with Crippen LogP contribution < -0.4 is 20.3 Å². The molecule has 3 heterocycles. The number of fused-ring (bicyclic) bond motifs is 1. The lowest BCUT2D eigenvalue weighted by molar-refractivity contribution is 0.0930. The van der Waals surface area contributed by atoms with Gasteiger partial charge in [-0.1, -0.05) is 13.0 Å². The number of aromatic nitrogens is 2. The molecule has 0 saturated heterocycles. The van der Waals surface area contributed by atoms with Crippen LogP contribution in [0.4, 0.5) is 0 Å². The highest BCUT2D eigenvalue weighted by Gasteiger charge is 2.19. The predicted molar refractivity (Wildman–Crippen MR) is 106 cm³/mol. The zero-order valence-electron chi connectivity index (χ0n) is 15.3. The lowest BCUT2D eigenvalue weighted by Gasteiger charge is -2.18. The van der Waals surface area contributed by atoms with Crippen molar-refractivity contribution in [1.29, 1.82) is 0 Å². The molecule has 0 bridgehead atoms. The number of hydrogen-bond acceptors (Lipinski definition) is 6. The van der Waals surface area contributed by atoms with Gasteiger partial charge in [-0.25, -0.2) is 4.68 Å². The van der Waals surface area contributed by atoms with Gasteiger partial charge in [0, 0.05) is 17.7 Å². The maximum Gasteiger partial charge on any atom is 0.266 e. The van der Waals surface area contributed by atoms with Crippen molar-refractivity contribution in [2.45, 2.75) is 25.9 Å². The molecular formula is C20H19N3O4S. The topological polar surface area (TPSA) is 82.5 Å². The maximum atomic E-state index is 12.6. The van der Waals surface area contributed by atoms with Gasteiger partial charge in [0.25, 0.3) is 11.5 Å². The number of carbonyl (C=O) groups is 1. The van der Waals surface area contributed by atoms with Crippen LogP contribution in [0.2, 0.25) is 0 Å². The molecule has 144 valence electrons. The standard InChI is InChI=1S/C20H19N3O4S/c1-2-14(21-20(25)13-5-7-16-17(10-13)27-12-26-16)11-23-19(24)8-6-15(22-23)18-4-3-9-28-18/h3-10,14H,2,11-12H2,1H3,(H,21,25)/t14-/m1/s1. The second-order valence-electron chi connectivity index (χ2n) is 6.36. The van der Waals surface area contributed by atoms with E-state index in [9.17, 15) is 9.59 Å². The van der Waals surface area contributed by atoms with Crippen molar-refractivity contribution < 1.29 is 14.3 Å². The second-order valence-corrected chi connectivity index (χ2v) is 7.31. The van der Waals surface area contributed by atoms with Gasteiger partial charge in [-0.05, 0) is 42.1 Å². The number of ether oxygens (including phenoxy) is 2. The molecule has 0 fully saturated rings. The third-order valence-electron chi connectivity index (χ3n) is 4.50. The molecule has 0 unspecified atom stereocenters. The van der Waals surface area contributed by atoms with E-state index in [1.54, 1.807) is 35.6 Å². The Kier molecular flexibility index (Phi) is 5.12. The number of hydrogen-bond donors (Lipinski definition) is 1. The number of carbonyl (C=O) groups excluding carboxylic acids is 1. The first-order chi connectivity index (χ1) is 13.6. The van der Waals surface area contributed by atoms with Gasteiger partial charge >= 0.3 is 0 Å². The zero-order chi connectivity index (χ0) is 19.5. The van der Waals surface area contributed by atoms with Gasteiger partial charge in [-0.3, -0.25) is 9.59 Å². The van der Waals surface area contributed by atoms with Crippen LogP contribution in [0.1, 0.15) is 23.7 Å². The Bertz CT molecular complexity index is 1050. The minimum atomic E-state index is -0.235. The van der Waals surface area contributed by atoms with Gasteiger partial charge in [0.15, 0.2) is 11.5 Å². The van der Waals surface area contributed by atoms with Crippen LogP contribution in [-0.2, 0) is 6.54 Å². The maximum absolute atomic E-state index is 12.6. The van der Waals surface area contributed by atoms with Crippen LogP contribution in [0.25, 0.3) is 10.6 Å². The number of rotatable bonds is 6. The third kappa shape index (κ3) is 3.77. The average molecular weight is 397 g/mol.